The molecule has 0 aliphatic heterocycles. The van der Waals surface area contributed by atoms with Gasteiger partial charge in [0.15, 0.2) is 0 Å². The summed E-state index contributed by atoms with van der Waals surface area (Å²) in [7, 11) is 0. The van der Waals surface area contributed by atoms with Crippen molar-refractivity contribution in [1.82, 2.24) is 0 Å². The lowest BCUT2D eigenvalue weighted by Crippen LogP contribution is -1.93. The van der Waals surface area contributed by atoms with Crippen molar-refractivity contribution in [2.45, 2.75) is 19.8 Å². The largest absolute Gasteiger partial charge is 0.207 e. The lowest BCUT2D eigenvalue weighted by Gasteiger charge is -2.09. The Morgan fingerprint density at radius 1 is 0.778 bits per heavy atom. The van der Waals surface area contributed by atoms with Gasteiger partial charge in [0.25, 0.3) is 0 Å². The highest BCUT2D eigenvalue weighted by atomic mass is 19.1. The van der Waals surface area contributed by atoms with Gasteiger partial charge in [0.05, 0.1) is 0 Å². The van der Waals surface area contributed by atoms with Crippen LogP contribution < -0.4 is 0 Å². The molecule has 2 aromatic rings. The summed E-state index contributed by atoms with van der Waals surface area (Å²) in [6, 6.07) is 7.80. The molecular formula is C15H13F3. The molecule has 3 heteroatoms. The molecule has 0 unspecified atom stereocenters. The van der Waals surface area contributed by atoms with Gasteiger partial charge in [-0.3, -0.25) is 0 Å². The van der Waals surface area contributed by atoms with Crippen molar-refractivity contribution in [2.75, 3.05) is 0 Å². The molecule has 0 aliphatic carbocycles. The fourth-order valence-electron chi connectivity index (χ4n) is 1.82. The second kappa shape index (κ2) is 4.84. The number of hydrogen-bond donors (Lipinski definition) is 0. The van der Waals surface area contributed by atoms with E-state index in [0.717, 1.165) is 17.7 Å². The van der Waals surface area contributed by atoms with Crippen LogP contribution >= 0.6 is 0 Å². The van der Waals surface area contributed by atoms with Crippen LogP contribution in [0.1, 0.15) is 25.3 Å². The number of benzene rings is 2. The van der Waals surface area contributed by atoms with Crippen LogP contribution in [0.15, 0.2) is 36.4 Å². The predicted octanol–water partition coefficient (Wildman–Crippen LogP) is 4.89. The lowest BCUT2D eigenvalue weighted by molar-refractivity contribution is 0.582. The summed E-state index contributed by atoms with van der Waals surface area (Å²) in [6.45, 7) is 3.90. The summed E-state index contributed by atoms with van der Waals surface area (Å²) >= 11 is 0. The highest BCUT2D eigenvalue weighted by Gasteiger charge is 2.12. The Labute approximate surface area is 104 Å². The quantitative estimate of drug-likeness (QED) is 0.711. The van der Waals surface area contributed by atoms with Crippen molar-refractivity contribution >= 4 is 0 Å². The van der Waals surface area contributed by atoms with E-state index < -0.39 is 17.5 Å². The third kappa shape index (κ3) is 2.40. The fraction of sp³-hybridized carbons (Fsp3) is 0.200. The van der Waals surface area contributed by atoms with Crippen LogP contribution in [0.4, 0.5) is 13.2 Å². The third-order valence-corrected chi connectivity index (χ3v) is 2.88. The first-order valence-electron chi connectivity index (χ1n) is 5.74. The molecule has 0 saturated heterocycles. The average Bonchev–Trinajstić information content (AvgIpc) is 2.30. The van der Waals surface area contributed by atoms with Gasteiger partial charge in [-0.05, 0) is 29.7 Å². The van der Waals surface area contributed by atoms with E-state index in [0.29, 0.717) is 0 Å². The molecule has 0 aliphatic rings. The van der Waals surface area contributed by atoms with Crippen LogP contribution in [-0.2, 0) is 0 Å². The minimum Gasteiger partial charge on any atom is -0.207 e. The SMILES string of the molecule is CC(C)c1ccc(-c2ccc(F)cc2F)c(F)c1. The normalized spacial score (nSPS) is 11.0. The Balaban J connectivity index is 2.51. The topological polar surface area (TPSA) is 0 Å². The van der Waals surface area contributed by atoms with Gasteiger partial charge in [-0.15, -0.1) is 0 Å². The van der Waals surface area contributed by atoms with Crippen molar-refractivity contribution in [3.05, 3.63) is 59.4 Å². The van der Waals surface area contributed by atoms with Crippen molar-refractivity contribution in [1.29, 1.82) is 0 Å². The minimum absolute atomic E-state index is 0.0733. The number of hydrogen-bond acceptors (Lipinski definition) is 0. The maximum Gasteiger partial charge on any atom is 0.134 e. The van der Waals surface area contributed by atoms with Crippen molar-refractivity contribution in [3.8, 4) is 11.1 Å². The molecule has 0 nitrogen and oxygen atoms in total. The first-order valence-corrected chi connectivity index (χ1v) is 5.74. The van der Waals surface area contributed by atoms with Crippen LogP contribution in [0.25, 0.3) is 11.1 Å². The van der Waals surface area contributed by atoms with Crippen LogP contribution in [0.5, 0.6) is 0 Å². The van der Waals surface area contributed by atoms with Gasteiger partial charge >= 0.3 is 0 Å². The summed E-state index contributed by atoms with van der Waals surface area (Å²) in [6.07, 6.45) is 0. The van der Waals surface area contributed by atoms with E-state index in [1.165, 1.54) is 18.2 Å². The first-order chi connectivity index (χ1) is 8.49. The zero-order valence-corrected chi connectivity index (χ0v) is 10.2. The van der Waals surface area contributed by atoms with Crippen LogP contribution in [0.2, 0.25) is 0 Å². The Morgan fingerprint density at radius 2 is 1.33 bits per heavy atom. The highest BCUT2D eigenvalue weighted by Crippen LogP contribution is 2.28. The van der Waals surface area contributed by atoms with Crippen LogP contribution in [0, 0.1) is 17.5 Å². The second-order valence-corrected chi connectivity index (χ2v) is 4.52. The Hall–Kier alpha value is -1.77. The van der Waals surface area contributed by atoms with Crippen LogP contribution in [-0.4, -0.2) is 0 Å². The van der Waals surface area contributed by atoms with Gasteiger partial charge in [0.2, 0.25) is 0 Å². The summed E-state index contributed by atoms with van der Waals surface area (Å²) < 4.78 is 40.3. The predicted molar refractivity (Wildman–Crippen MR) is 65.8 cm³/mol. The molecule has 0 radical (unpaired) electrons. The molecule has 0 atom stereocenters. The number of halogens is 3. The van der Waals surface area contributed by atoms with Gasteiger partial charge in [0, 0.05) is 17.2 Å². The van der Waals surface area contributed by atoms with E-state index in [9.17, 15) is 13.2 Å². The monoisotopic (exact) mass is 250 g/mol. The van der Waals surface area contributed by atoms with E-state index in [1.54, 1.807) is 6.07 Å². The van der Waals surface area contributed by atoms with E-state index in [4.69, 9.17) is 0 Å². The summed E-state index contributed by atoms with van der Waals surface area (Å²) in [4.78, 5) is 0. The summed E-state index contributed by atoms with van der Waals surface area (Å²) in [5.74, 6) is -1.72. The van der Waals surface area contributed by atoms with Crippen molar-refractivity contribution in [2.24, 2.45) is 0 Å². The maximum atomic E-state index is 13.9. The van der Waals surface area contributed by atoms with E-state index in [1.807, 2.05) is 13.8 Å². The van der Waals surface area contributed by atoms with Gasteiger partial charge in [-0.1, -0.05) is 26.0 Å². The fourth-order valence-corrected chi connectivity index (χ4v) is 1.82. The smallest absolute Gasteiger partial charge is 0.134 e. The van der Waals surface area contributed by atoms with Crippen LogP contribution in [0.3, 0.4) is 0 Å². The molecule has 18 heavy (non-hydrogen) atoms. The zero-order valence-electron chi connectivity index (χ0n) is 10.2. The van der Waals surface area contributed by atoms with Gasteiger partial charge < -0.3 is 0 Å². The maximum absolute atomic E-state index is 13.9. The van der Waals surface area contributed by atoms with E-state index in [-0.39, 0.29) is 17.0 Å². The molecule has 0 aromatic heterocycles. The standard InChI is InChI=1S/C15H13F3/c1-9(2)10-3-5-12(14(17)7-10)13-6-4-11(16)8-15(13)18/h3-9H,1-2H3. The lowest BCUT2D eigenvalue weighted by atomic mass is 9.98. The van der Waals surface area contributed by atoms with E-state index >= 15 is 0 Å². The molecule has 0 heterocycles. The molecule has 94 valence electrons. The average molecular weight is 250 g/mol. The Bertz CT molecular complexity index is 574. The Kier molecular flexibility index (Phi) is 3.41. The molecule has 0 N–H and O–H groups in total. The summed E-state index contributed by atoms with van der Waals surface area (Å²) in [5.41, 5.74) is 1.07. The highest BCUT2D eigenvalue weighted by molar-refractivity contribution is 5.65. The number of rotatable bonds is 2. The molecule has 0 amide bonds. The molecule has 0 spiro atoms. The molecule has 2 aromatic carbocycles. The van der Waals surface area contributed by atoms with Crippen molar-refractivity contribution < 1.29 is 13.2 Å². The van der Waals surface area contributed by atoms with Gasteiger partial charge in [0.1, 0.15) is 17.5 Å². The molecule has 0 fully saturated rings. The molecule has 2 rings (SSSR count). The summed E-state index contributed by atoms with van der Waals surface area (Å²) in [5, 5.41) is 0. The third-order valence-electron chi connectivity index (χ3n) is 2.88. The molecular weight excluding hydrogens is 237 g/mol. The van der Waals surface area contributed by atoms with Gasteiger partial charge in [-0.2, -0.15) is 0 Å². The second-order valence-electron chi connectivity index (χ2n) is 4.52. The zero-order chi connectivity index (χ0) is 13.3. The van der Waals surface area contributed by atoms with E-state index in [2.05, 4.69) is 0 Å². The molecule has 0 bridgehead atoms. The van der Waals surface area contributed by atoms with Gasteiger partial charge in [-0.25, -0.2) is 13.2 Å². The minimum atomic E-state index is -0.758. The molecule has 0 saturated carbocycles. The Morgan fingerprint density at radius 3 is 1.83 bits per heavy atom. The first kappa shape index (κ1) is 12.7. The van der Waals surface area contributed by atoms with Crippen molar-refractivity contribution in [3.63, 3.8) is 0 Å².